The Kier molecular flexibility index (Phi) is 4.14. The number of primary sulfonamides is 1. The topological polar surface area (TPSA) is 128 Å². The maximum absolute atomic E-state index is 11.4. The van der Waals surface area contributed by atoms with Crippen molar-refractivity contribution in [2.75, 3.05) is 5.32 Å². The number of hydrogen-bond acceptors (Lipinski definition) is 7. The van der Waals surface area contributed by atoms with E-state index in [1.807, 2.05) is 0 Å². The molecule has 1 aliphatic heterocycles. The normalized spacial score (nSPS) is 18.1. The van der Waals surface area contributed by atoms with Crippen LogP contribution in [0.15, 0.2) is 40.5 Å². The van der Waals surface area contributed by atoms with E-state index in [0.717, 1.165) is 29.6 Å². The summed E-state index contributed by atoms with van der Waals surface area (Å²) in [6.07, 6.45) is 10.9. The Bertz CT molecular complexity index is 1210. The number of nitrogens with two attached hydrogens (primary N) is 1. The lowest BCUT2D eigenvalue weighted by Gasteiger charge is -2.39. The molecule has 29 heavy (non-hydrogen) atoms. The van der Waals surface area contributed by atoms with Crippen LogP contribution in [-0.4, -0.2) is 34.2 Å². The molecule has 0 atom stereocenters. The van der Waals surface area contributed by atoms with E-state index in [1.54, 1.807) is 6.20 Å². The van der Waals surface area contributed by atoms with E-state index >= 15 is 0 Å². The fourth-order valence-corrected chi connectivity index (χ4v) is 4.79. The molecular formula is C19H21N7O2S. The van der Waals surface area contributed by atoms with Gasteiger partial charge in [-0.2, -0.15) is 4.98 Å². The smallest absolute Gasteiger partial charge is 0.239 e. The molecule has 0 unspecified atom stereocenters. The Labute approximate surface area is 168 Å². The van der Waals surface area contributed by atoms with Crippen molar-refractivity contribution in [3.8, 4) is 0 Å². The van der Waals surface area contributed by atoms with Crippen LogP contribution in [0.5, 0.6) is 0 Å². The van der Waals surface area contributed by atoms with Gasteiger partial charge < -0.3 is 9.88 Å². The first-order chi connectivity index (χ1) is 13.9. The number of nitrogens with zero attached hydrogens (tertiary/aromatic N) is 5. The van der Waals surface area contributed by atoms with Crippen molar-refractivity contribution in [2.24, 2.45) is 10.1 Å². The fourth-order valence-electron chi connectivity index (χ4n) is 4.34. The Morgan fingerprint density at radius 1 is 1.10 bits per heavy atom. The van der Waals surface area contributed by atoms with Crippen LogP contribution in [0.1, 0.15) is 37.8 Å². The maximum atomic E-state index is 11.4. The van der Waals surface area contributed by atoms with Gasteiger partial charge >= 0.3 is 0 Å². The van der Waals surface area contributed by atoms with Gasteiger partial charge in [0.2, 0.25) is 16.0 Å². The molecule has 1 saturated carbocycles. The minimum absolute atomic E-state index is 0.0430. The zero-order valence-electron chi connectivity index (χ0n) is 15.7. The Balaban J connectivity index is 1.52. The number of aromatic nitrogens is 4. The van der Waals surface area contributed by atoms with Crippen LogP contribution in [-0.2, 0) is 22.1 Å². The molecule has 3 aromatic heterocycles. The molecule has 1 aliphatic carbocycles. The van der Waals surface area contributed by atoms with Crippen molar-refractivity contribution < 1.29 is 8.42 Å². The van der Waals surface area contributed by atoms with Gasteiger partial charge in [-0.3, -0.25) is 4.99 Å². The quantitative estimate of drug-likeness (QED) is 0.681. The summed E-state index contributed by atoms with van der Waals surface area (Å²) in [6.45, 7) is 0.650. The van der Waals surface area contributed by atoms with Crippen molar-refractivity contribution in [1.82, 2.24) is 19.5 Å². The van der Waals surface area contributed by atoms with Crippen molar-refractivity contribution in [2.45, 2.75) is 49.1 Å². The minimum Gasteiger partial charge on any atom is -0.316 e. The van der Waals surface area contributed by atoms with Gasteiger partial charge in [0, 0.05) is 29.7 Å². The number of sulfonamides is 1. The highest BCUT2D eigenvalue weighted by molar-refractivity contribution is 7.89. The predicted molar refractivity (Wildman–Crippen MR) is 110 cm³/mol. The SMILES string of the molecule is NS(=O)(=O)c1ccc(Nc2ncc3cc4n(c3n2)C2(C=NC4)CCCCC2)nc1. The third-order valence-electron chi connectivity index (χ3n) is 5.67. The van der Waals surface area contributed by atoms with Crippen LogP contribution >= 0.6 is 0 Å². The Morgan fingerprint density at radius 2 is 1.93 bits per heavy atom. The number of anilines is 2. The van der Waals surface area contributed by atoms with Gasteiger partial charge in [-0.05, 0) is 31.0 Å². The minimum atomic E-state index is -3.78. The van der Waals surface area contributed by atoms with Gasteiger partial charge in [0.25, 0.3) is 0 Å². The molecule has 0 radical (unpaired) electrons. The molecule has 0 amide bonds. The van der Waals surface area contributed by atoms with Crippen molar-refractivity contribution >= 4 is 39.0 Å². The summed E-state index contributed by atoms with van der Waals surface area (Å²) in [5.74, 6) is 0.846. The van der Waals surface area contributed by atoms with Crippen molar-refractivity contribution in [3.05, 3.63) is 36.3 Å². The van der Waals surface area contributed by atoms with E-state index in [1.165, 1.54) is 37.6 Å². The highest BCUT2D eigenvalue weighted by Gasteiger charge is 2.37. The predicted octanol–water partition coefficient (Wildman–Crippen LogP) is 2.46. The molecular weight excluding hydrogens is 390 g/mol. The first kappa shape index (κ1) is 18.2. The molecule has 9 nitrogen and oxygen atoms in total. The molecule has 10 heteroatoms. The fraction of sp³-hybridized carbons (Fsp3) is 0.368. The van der Waals surface area contributed by atoms with Crippen molar-refractivity contribution in [1.29, 1.82) is 0 Å². The van der Waals surface area contributed by atoms with Crippen molar-refractivity contribution in [3.63, 3.8) is 0 Å². The van der Waals surface area contributed by atoms with E-state index in [4.69, 9.17) is 10.1 Å². The zero-order chi connectivity index (χ0) is 20.1. The summed E-state index contributed by atoms with van der Waals surface area (Å²) in [6, 6.07) is 5.05. The average molecular weight is 411 g/mol. The molecule has 150 valence electrons. The number of aliphatic imine (C=N–C) groups is 1. The van der Waals surface area contributed by atoms with E-state index in [0.29, 0.717) is 18.3 Å². The first-order valence-electron chi connectivity index (χ1n) is 9.59. The van der Waals surface area contributed by atoms with Crippen LogP contribution in [0.3, 0.4) is 0 Å². The molecule has 1 spiro atoms. The van der Waals surface area contributed by atoms with Crippen LogP contribution in [0.2, 0.25) is 0 Å². The highest BCUT2D eigenvalue weighted by Crippen LogP contribution is 2.39. The largest absolute Gasteiger partial charge is 0.316 e. The third-order valence-corrected chi connectivity index (χ3v) is 6.57. The summed E-state index contributed by atoms with van der Waals surface area (Å²) >= 11 is 0. The summed E-state index contributed by atoms with van der Waals surface area (Å²) in [7, 11) is -3.78. The molecule has 1 fully saturated rings. The van der Waals surface area contributed by atoms with E-state index in [2.05, 4.69) is 37.1 Å². The number of rotatable bonds is 3. The van der Waals surface area contributed by atoms with Gasteiger partial charge in [0.05, 0.1) is 12.1 Å². The molecule has 3 N–H and O–H groups in total. The van der Waals surface area contributed by atoms with Gasteiger partial charge in [-0.25, -0.2) is 23.5 Å². The first-order valence-corrected chi connectivity index (χ1v) is 11.1. The summed E-state index contributed by atoms with van der Waals surface area (Å²) in [4.78, 5) is 17.8. The van der Waals surface area contributed by atoms with Crippen LogP contribution in [0, 0.1) is 0 Å². The summed E-state index contributed by atoms with van der Waals surface area (Å²) in [5.41, 5.74) is 1.94. The third kappa shape index (κ3) is 3.18. The molecule has 5 rings (SSSR count). The number of nitrogens with one attached hydrogen (secondary N) is 1. The Hall–Kier alpha value is -2.85. The maximum Gasteiger partial charge on any atom is 0.239 e. The standard InChI is InChI=1S/C19H21N7O2S/c20-29(27,28)15-4-5-16(22-11-15)24-18-23-9-13-8-14-10-21-12-19(6-2-1-3-7-19)26(14)17(13)25-18/h4-5,8-9,11-12H,1-3,6-7,10H2,(H2,20,27,28)(H,22,23,24,25). The highest BCUT2D eigenvalue weighted by atomic mass is 32.2. The molecule has 4 heterocycles. The molecule has 0 saturated heterocycles. The number of hydrogen-bond donors (Lipinski definition) is 2. The van der Waals surface area contributed by atoms with Crippen LogP contribution < -0.4 is 10.5 Å². The lowest BCUT2D eigenvalue weighted by Crippen LogP contribution is -2.40. The second kappa shape index (κ2) is 6.60. The van der Waals surface area contributed by atoms with E-state index in [9.17, 15) is 8.42 Å². The summed E-state index contributed by atoms with van der Waals surface area (Å²) < 4.78 is 25.1. The summed E-state index contributed by atoms with van der Waals surface area (Å²) in [5, 5.41) is 9.15. The van der Waals surface area contributed by atoms with E-state index in [-0.39, 0.29) is 10.4 Å². The molecule has 3 aromatic rings. The van der Waals surface area contributed by atoms with Gasteiger partial charge in [0.15, 0.2) is 0 Å². The van der Waals surface area contributed by atoms with Crippen LogP contribution in [0.25, 0.3) is 11.0 Å². The molecule has 0 bridgehead atoms. The van der Waals surface area contributed by atoms with Gasteiger partial charge in [-0.1, -0.05) is 19.3 Å². The lowest BCUT2D eigenvalue weighted by molar-refractivity contribution is 0.282. The van der Waals surface area contributed by atoms with Gasteiger partial charge in [0.1, 0.15) is 16.4 Å². The average Bonchev–Trinajstić information content (AvgIpc) is 3.08. The monoisotopic (exact) mass is 411 g/mol. The second-order valence-corrected chi connectivity index (χ2v) is 9.19. The molecule has 0 aromatic carbocycles. The number of pyridine rings is 1. The number of fused-ring (bicyclic) bond motifs is 4. The lowest BCUT2D eigenvalue weighted by atomic mass is 9.81. The van der Waals surface area contributed by atoms with Gasteiger partial charge in [-0.15, -0.1) is 0 Å². The van der Waals surface area contributed by atoms with Crippen LogP contribution in [0.4, 0.5) is 11.8 Å². The zero-order valence-corrected chi connectivity index (χ0v) is 16.6. The second-order valence-electron chi connectivity index (χ2n) is 7.63. The Morgan fingerprint density at radius 3 is 2.66 bits per heavy atom. The molecule has 2 aliphatic rings. The van der Waals surface area contributed by atoms with E-state index < -0.39 is 10.0 Å².